The molecule has 0 spiro atoms. The maximum absolute atomic E-state index is 10.4. The largest absolute Gasteiger partial charge is 0.481 e. The molecule has 0 aliphatic heterocycles. The number of carbonyl (C=O) groups is 1. The van der Waals surface area contributed by atoms with E-state index < -0.39 is 5.97 Å². The highest BCUT2D eigenvalue weighted by Crippen LogP contribution is 2.42. The summed E-state index contributed by atoms with van der Waals surface area (Å²) in [5, 5.41) is 12.4. The maximum atomic E-state index is 10.4. The Morgan fingerprint density at radius 2 is 2.41 bits per heavy atom. The third kappa shape index (κ3) is 3.26. The van der Waals surface area contributed by atoms with Crippen molar-refractivity contribution in [3.8, 4) is 0 Å². The van der Waals surface area contributed by atoms with Crippen LogP contribution in [0.2, 0.25) is 0 Å². The molecule has 0 radical (unpaired) electrons. The molecule has 1 aromatic rings. The van der Waals surface area contributed by atoms with Crippen LogP contribution < -0.4 is 0 Å². The van der Waals surface area contributed by atoms with Crippen molar-refractivity contribution in [2.24, 2.45) is 5.92 Å². The molecule has 1 N–H and O–H groups in total. The first-order valence-corrected chi connectivity index (χ1v) is 5.86. The first-order valence-electron chi connectivity index (χ1n) is 5.86. The normalized spacial score (nSPS) is 17.0. The Morgan fingerprint density at radius 3 is 3.00 bits per heavy atom. The topological polar surface area (TPSA) is 85.5 Å². The first kappa shape index (κ1) is 12.0. The lowest BCUT2D eigenvalue weighted by Crippen LogP contribution is -2.08. The molecule has 1 atom stereocenters. The Labute approximate surface area is 99.0 Å². The summed E-state index contributed by atoms with van der Waals surface area (Å²) in [4.78, 5) is 14.6. The molecule has 0 saturated heterocycles. The van der Waals surface area contributed by atoms with Crippen molar-refractivity contribution in [1.82, 2.24) is 10.1 Å². The zero-order chi connectivity index (χ0) is 12.3. The van der Waals surface area contributed by atoms with Crippen LogP contribution in [0.3, 0.4) is 0 Å². The van der Waals surface area contributed by atoms with Gasteiger partial charge in [-0.05, 0) is 25.7 Å². The van der Waals surface area contributed by atoms with Gasteiger partial charge in [0.2, 0.25) is 11.7 Å². The number of hydrogen-bond acceptors (Lipinski definition) is 5. The van der Waals surface area contributed by atoms with Gasteiger partial charge in [-0.25, -0.2) is 0 Å². The van der Waals surface area contributed by atoms with Gasteiger partial charge in [-0.2, -0.15) is 4.98 Å². The highest BCUT2D eigenvalue weighted by Gasteiger charge is 2.36. The van der Waals surface area contributed by atoms with Crippen molar-refractivity contribution in [2.75, 3.05) is 6.61 Å². The molecule has 1 unspecified atom stereocenters. The summed E-state index contributed by atoms with van der Waals surface area (Å²) in [5.74, 6) is 0.538. The third-order valence-electron chi connectivity index (χ3n) is 2.69. The Balaban J connectivity index is 1.97. The standard InChI is InChI=1S/C11H16N2O4/c1-2-16-10(7-3-4-7)11-12-8(17-13-11)5-6-9(14)15/h7,10H,2-6H2,1H3,(H,14,15). The molecule has 1 aromatic heterocycles. The van der Waals surface area contributed by atoms with E-state index in [0.29, 0.717) is 24.2 Å². The van der Waals surface area contributed by atoms with Crippen molar-refractivity contribution in [1.29, 1.82) is 0 Å². The fourth-order valence-corrected chi connectivity index (χ4v) is 1.70. The van der Waals surface area contributed by atoms with E-state index in [9.17, 15) is 4.79 Å². The molecule has 2 rings (SSSR count). The van der Waals surface area contributed by atoms with Crippen LogP contribution in [0.15, 0.2) is 4.52 Å². The van der Waals surface area contributed by atoms with Crippen molar-refractivity contribution < 1.29 is 19.2 Å². The van der Waals surface area contributed by atoms with Gasteiger partial charge in [0.15, 0.2) is 0 Å². The summed E-state index contributed by atoms with van der Waals surface area (Å²) in [6.07, 6.45) is 2.44. The second-order valence-corrected chi connectivity index (χ2v) is 4.15. The molecule has 0 aromatic carbocycles. The maximum Gasteiger partial charge on any atom is 0.303 e. The van der Waals surface area contributed by atoms with Gasteiger partial charge in [-0.15, -0.1) is 0 Å². The lowest BCUT2D eigenvalue weighted by molar-refractivity contribution is -0.137. The van der Waals surface area contributed by atoms with Gasteiger partial charge >= 0.3 is 5.97 Å². The summed E-state index contributed by atoms with van der Waals surface area (Å²) in [7, 11) is 0. The number of hydrogen-bond donors (Lipinski definition) is 1. The number of aromatic nitrogens is 2. The molecule has 94 valence electrons. The van der Waals surface area contributed by atoms with Gasteiger partial charge < -0.3 is 14.4 Å². The number of rotatable bonds is 7. The van der Waals surface area contributed by atoms with E-state index in [1.54, 1.807) is 0 Å². The van der Waals surface area contributed by atoms with E-state index in [4.69, 9.17) is 14.4 Å². The van der Waals surface area contributed by atoms with E-state index >= 15 is 0 Å². The molecule has 1 heterocycles. The molecule has 0 amide bonds. The SMILES string of the molecule is CCOC(c1noc(CCC(=O)O)n1)C1CC1. The number of aliphatic carboxylic acids is 1. The molecule has 6 nitrogen and oxygen atoms in total. The van der Waals surface area contributed by atoms with E-state index in [-0.39, 0.29) is 18.9 Å². The molecule has 1 saturated carbocycles. The summed E-state index contributed by atoms with van der Waals surface area (Å²) in [6, 6.07) is 0. The summed E-state index contributed by atoms with van der Waals surface area (Å²) in [5.41, 5.74) is 0. The van der Waals surface area contributed by atoms with E-state index in [1.807, 2.05) is 6.92 Å². The quantitative estimate of drug-likeness (QED) is 0.778. The Bertz CT molecular complexity index is 387. The van der Waals surface area contributed by atoms with Crippen LogP contribution in [0.25, 0.3) is 0 Å². The van der Waals surface area contributed by atoms with Gasteiger partial charge in [-0.1, -0.05) is 5.16 Å². The highest BCUT2D eigenvalue weighted by atomic mass is 16.5. The fourth-order valence-electron chi connectivity index (χ4n) is 1.70. The van der Waals surface area contributed by atoms with Crippen molar-refractivity contribution >= 4 is 5.97 Å². The Kier molecular flexibility index (Phi) is 3.73. The average molecular weight is 240 g/mol. The minimum atomic E-state index is -0.867. The van der Waals surface area contributed by atoms with Crippen molar-refractivity contribution in [3.63, 3.8) is 0 Å². The van der Waals surface area contributed by atoms with Crippen molar-refractivity contribution in [2.45, 2.75) is 38.7 Å². The second-order valence-electron chi connectivity index (χ2n) is 4.15. The van der Waals surface area contributed by atoms with Crippen LogP contribution in [-0.4, -0.2) is 27.8 Å². The lowest BCUT2D eigenvalue weighted by Gasteiger charge is -2.10. The second kappa shape index (κ2) is 5.27. The van der Waals surface area contributed by atoms with E-state index in [1.165, 1.54) is 0 Å². The molecule has 1 aliphatic rings. The first-order chi connectivity index (χ1) is 8.20. The Morgan fingerprint density at radius 1 is 1.65 bits per heavy atom. The zero-order valence-corrected chi connectivity index (χ0v) is 9.76. The molecular formula is C11H16N2O4. The van der Waals surface area contributed by atoms with Gasteiger partial charge in [0.25, 0.3) is 0 Å². The minimum absolute atomic E-state index is 0.00433. The summed E-state index contributed by atoms with van der Waals surface area (Å²) >= 11 is 0. The van der Waals surface area contributed by atoms with Gasteiger partial charge in [0.1, 0.15) is 6.10 Å². The molecule has 6 heteroatoms. The summed E-state index contributed by atoms with van der Waals surface area (Å²) < 4.78 is 10.6. The highest BCUT2D eigenvalue weighted by molar-refractivity contribution is 5.66. The molecular weight excluding hydrogens is 224 g/mol. The number of carboxylic acids is 1. The lowest BCUT2D eigenvalue weighted by atomic mass is 10.2. The zero-order valence-electron chi connectivity index (χ0n) is 9.76. The fraction of sp³-hybridized carbons (Fsp3) is 0.727. The monoisotopic (exact) mass is 240 g/mol. The van der Waals surface area contributed by atoms with Crippen molar-refractivity contribution in [3.05, 3.63) is 11.7 Å². The van der Waals surface area contributed by atoms with Gasteiger partial charge in [0, 0.05) is 13.0 Å². The number of aryl methyl sites for hydroxylation is 1. The number of ether oxygens (including phenoxy) is 1. The van der Waals surface area contributed by atoms with Crippen LogP contribution in [0.1, 0.15) is 44.0 Å². The van der Waals surface area contributed by atoms with Crippen LogP contribution in [0.4, 0.5) is 0 Å². The molecule has 17 heavy (non-hydrogen) atoms. The van der Waals surface area contributed by atoms with Crippen LogP contribution >= 0.6 is 0 Å². The molecule has 0 bridgehead atoms. The van der Waals surface area contributed by atoms with E-state index in [2.05, 4.69) is 10.1 Å². The third-order valence-corrected chi connectivity index (χ3v) is 2.69. The molecule has 1 aliphatic carbocycles. The van der Waals surface area contributed by atoms with Gasteiger partial charge in [-0.3, -0.25) is 4.79 Å². The van der Waals surface area contributed by atoms with Crippen LogP contribution in [0.5, 0.6) is 0 Å². The van der Waals surface area contributed by atoms with E-state index in [0.717, 1.165) is 12.8 Å². The minimum Gasteiger partial charge on any atom is -0.481 e. The summed E-state index contributed by atoms with van der Waals surface area (Å²) in [6.45, 7) is 2.54. The Hall–Kier alpha value is -1.43. The predicted octanol–water partition coefficient (Wildman–Crippen LogP) is 1.57. The number of carboxylic acid groups (broad SMARTS) is 1. The predicted molar refractivity (Wildman–Crippen MR) is 57.3 cm³/mol. The van der Waals surface area contributed by atoms with Crippen LogP contribution in [-0.2, 0) is 16.0 Å². The smallest absolute Gasteiger partial charge is 0.303 e. The van der Waals surface area contributed by atoms with Crippen LogP contribution in [0, 0.1) is 5.92 Å². The average Bonchev–Trinajstić information content (AvgIpc) is 3.02. The number of nitrogens with zero attached hydrogens (tertiary/aromatic N) is 2. The molecule has 1 fully saturated rings. The van der Waals surface area contributed by atoms with Gasteiger partial charge in [0.05, 0.1) is 6.42 Å².